The summed E-state index contributed by atoms with van der Waals surface area (Å²) in [6.45, 7) is 2.88. The van der Waals surface area contributed by atoms with E-state index in [0.717, 1.165) is 12.8 Å². The topological polar surface area (TPSA) is 76.3 Å². The number of hydrogen-bond donors (Lipinski definition) is 2. The van der Waals surface area contributed by atoms with E-state index in [1.165, 1.54) is 22.2 Å². The first-order chi connectivity index (χ1) is 15.8. The number of fused-ring (bicyclic) bond motifs is 10. The van der Waals surface area contributed by atoms with Crippen LogP contribution in [0, 0.1) is 17.8 Å². The van der Waals surface area contributed by atoms with Gasteiger partial charge in [-0.2, -0.15) is 0 Å². The van der Waals surface area contributed by atoms with Crippen molar-refractivity contribution >= 4 is 10.9 Å². The third-order valence-corrected chi connectivity index (χ3v) is 9.70. The molecular formula is C26H34N2O5. The number of aliphatic hydroxyl groups excluding tert-OH is 2. The number of rotatable bonds is 0. The monoisotopic (exact) mass is 454 g/mol. The molecule has 2 aromatic rings. The highest BCUT2D eigenvalue weighted by molar-refractivity contribution is 5.86. The summed E-state index contributed by atoms with van der Waals surface area (Å²) in [7, 11) is 4.49. The summed E-state index contributed by atoms with van der Waals surface area (Å²) in [5.74, 6) is -0.839. The van der Waals surface area contributed by atoms with Gasteiger partial charge in [0.15, 0.2) is 11.6 Å². The van der Waals surface area contributed by atoms with Crippen molar-refractivity contribution in [2.45, 2.75) is 68.5 Å². The lowest BCUT2D eigenvalue weighted by atomic mass is 9.63. The van der Waals surface area contributed by atoms with Crippen molar-refractivity contribution in [1.29, 1.82) is 0 Å². The van der Waals surface area contributed by atoms with Crippen LogP contribution in [0.1, 0.15) is 43.5 Å². The summed E-state index contributed by atoms with van der Waals surface area (Å²) < 4.78 is 21.3. The molecule has 0 saturated carbocycles. The first-order valence-corrected chi connectivity index (χ1v) is 12.4. The van der Waals surface area contributed by atoms with Gasteiger partial charge < -0.3 is 29.0 Å². The standard InChI is InChI=1S/C26H34N2O5/c1-25-19(11-26(33-25)23(30)8-14(29)12-32-26)16-9-22-24-17(10-21(27(22)2)18(16)13-31-25)15-6-4-5-7-20(15)28(24)3/h4-7,14,16,18-19,21-23,29-30H,8-13H2,1-3H3. The predicted octanol–water partition coefficient (Wildman–Crippen LogP) is 2.33. The van der Waals surface area contributed by atoms with Crippen LogP contribution in [0.2, 0.25) is 0 Å². The Labute approximate surface area is 194 Å². The molecule has 33 heavy (non-hydrogen) atoms. The maximum Gasteiger partial charge on any atom is 0.198 e. The van der Waals surface area contributed by atoms with Crippen molar-refractivity contribution in [2.24, 2.45) is 24.8 Å². The second-order valence-corrected chi connectivity index (χ2v) is 11.2. The number of benzene rings is 1. The highest BCUT2D eigenvalue weighted by Crippen LogP contribution is 2.60. The molecule has 7 rings (SSSR count). The molecule has 7 nitrogen and oxygen atoms in total. The smallest absolute Gasteiger partial charge is 0.198 e. The SMILES string of the molecule is CN1C2CC3C(COC4(C)OC5(CC34)OCC(O)CC5O)C1Cc1c2n(C)c2ccccc12. The number of aliphatic hydroxyl groups is 2. The number of aryl methyl sites for hydroxylation is 1. The average Bonchev–Trinajstić information content (AvgIpc) is 3.25. The minimum atomic E-state index is -1.07. The van der Waals surface area contributed by atoms with E-state index >= 15 is 0 Å². The Morgan fingerprint density at radius 1 is 1.03 bits per heavy atom. The van der Waals surface area contributed by atoms with Crippen LogP contribution in [-0.4, -0.2) is 69.8 Å². The summed E-state index contributed by atoms with van der Waals surface area (Å²) in [4.78, 5) is 2.59. The Bertz CT molecular complexity index is 1120. The van der Waals surface area contributed by atoms with Gasteiger partial charge in [-0.1, -0.05) is 18.2 Å². The van der Waals surface area contributed by atoms with Crippen molar-refractivity contribution in [3.8, 4) is 0 Å². The van der Waals surface area contributed by atoms with Gasteiger partial charge in [-0.05, 0) is 44.4 Å². The average molecular weight is 455 g/mol. The molecule has 0 radical (unpaired) electrons. The normalized spacial score (nSPS) is 46.9. The fraction of sp³-hybridized carbons (Fsp3) is 0.692. The van der Waals surface area contributed by atoms with Gasteiger partial charge in [0.1, 0.15) is 6.10 Å². The Morgan fingerprint density at radius 3 is 2.67 bits per heavy atom. The number of ether oxygens (including phenoxy) is 3. The molecule has 4 fully saturated rings. The minimum absolute atomic E-state index is 0.149. The fourth-order valence-corrected chi connectivity index (χ4v) is 8.08. The summed E-state index contributed by atoms with van der Waals surface area (Å²) in [5.41, 5.74) is 4.27. The lowest BCUT2D eigenvalue weighted by Gasteiger charge is -2.57. The van der Waals surface area contributed by atoms with Gasteiger partial charge in [0.2, 0.25) is 0 Å². The third kappa shape index (κ3) is 2.66. The van der Waals surface area contributed by atoms with Crippen LogP contribution in [0.5, 0.6) is 0 Å². The second-order valence-electron chi connectivity index (χ2n) is 11.2. The van der Waals surface area contributed by atoms with Crippen LogP contribution < -0.4 is 0 Å². The van der Waals surface area contributed by atoms with Gasteiger partial charge in [-0.15, -0.1) is 0 Å². The number of aromatic nitrogens is 1. The molecule has 4 saturated heterocycles. The Balaban J connectivity index is 1.28. The van der Waals surface area contributed by atoms with E-state index in [1.54, 1.807) is 0 Å². The molecule has 7 heteroatoms. The zero-order chi connectivity index (χ0) is 22.7. The summed E-state index contributed by atoms with van der Waals surface area (Å²) in [5, 5.41) is 22.2. The van der Waals surface area contributed by atoms with E-state index in [9.17, 15) is 10.2 Å². The Hall–Kier alpha value is -1.48. The number of para-hydroxylation sites is 1. The van der Waals surface area contributed by atoms with Crippen molar-refractivity contribution in [3.05, 3.63) is 35.5 Å². The van der Waals surface area contributed by atoms with Gasteiger partial charge in [0, 0.05) is 54.4 Å². The molecular weight excluding hydrogens is 420 g/mol. The third-order valence-electron chi connectivity index (χ3n) is 9.70. The molecule has 2 bridgehead atoms. The fourth-order valence-electron chi connectivity index (χ4n) is 8.08. The molecule has 0 aliphatic carbocycles. The zero-order valence-electron chi connectivity index (χ0n) is 19.6. The van der Waals surface area contributed by atoms with E-state index in [4.69, 9.17) is 14.2 Å². The first kappa shape index (κ1) is 20.9. The molecule has 2 N–H and O–H groups in total. The van der Waals surface area contributed by atoms with Crippen molar-refractivity contribution < 1.29 is 24.4 Å². The minimum Gasteiger partial charge on any atom is -0.391 e. The molecule has 5 aliphatic rings. The molecule has 1 aromatic heterocycles. The quantitative estimate of drug-likeness (QED) is 0.637. The highest BCUT2D eigenvalue weighted by Gasteiger charge is 2.66. The van der Waals surface area contributed by atoms with E-state index in [0.29, 0.717) is 36.9 Å². The number of piperidine rings is 1. The first-order valence-electron chi connectivity index (χ1n) is 12.4. The van der Waals surface area contributed by atoms with E-state index in [2.05, 4.69) is 47.8 Å². The summed E-state index contributed by atoms with van der Waals surface area (Å²) >= 11 is 0. The van der Waals surface area contributed by atoms with Gasteiger partial charge in [-0.3, -0.25) is 4.90 Å². The van der Waals surface area contributed by atoms with E-state index in [1.807, 2.05) is 6.92 Å². The Morgan fingerprint density at radius 2 is 1.85 bits per heavy atom. The van der Waals surface area contributed by atoms with Gasteiger partial charge in [0.25, 0.3) is 0 Å². The zero-order valence-corrected chi connectivity index (χ0v) is 19.6. The van der Waals surface area contributed by atoms with Crippen molar-refractivity contribution in [3.63, 3.8) is 0 Å². The van der Waals surface area contributed by atoms with Gasteiger partial charge in [-0.25, -0.2) is 0 Å². The molecule has 178 valence electrons. The summed E-state index contributed by atoms with van der Waals surface area (Å²) in [6.07, 6.45) is 1.49. The predicted molar refractivity (Wildman–Crippen MR) is 121 cm³/mol. The lowest BCUT2D eigenvalue weighted by molar-refractivity contribution is -0.372. The number of likely N-dealkylation sites (N-methyl/N-ethyl adjacent to an activating group) is 1. The van der Waals surface area contributed by atoms with Crippen LogP contribution in [-0.2, 0) is 27.7 Å². The van der Waals surface area contributed by atoms with Crippen LogP contribution in [0.15, 0.2) is 24.3 Å². The van der Waals surface area contributed by atoms with Gasteiger partial charge in [0.05, 0.1) is 25.4 Å². The second kappa shape index (κ2) is 6.80. The van der Waals surface area contributed by atoms with E-state index < -0.39 is 23.8 Å². The molecule has 1 aromatic carbocycles. The van der Waals surface area contributed by atoms with Crippen LogP contribution in [0.4, 0.5) is 0 Å². The van der Waals surface area contributed by atoms with E-state index in [-0.39, 0.29) is 18.9 Å². The maximum atomic E-state index is 10.9. The molecule has 6 heterocycles. The maximum absolute atomic E-state index is 10.9. The lowest BCUT2D eigenvalue weighted by Crippen LogP contribution is -2.60. The molecule has 5 aliphatic heterocycles. The summed E-state index contributed by atoms with van der Waals surface area (Å²) in [6, 6.07) is 9.56. The highest BCUT2D eigenvalue weighted by atomic mass is 16.8. The van der Waals surface area contributed by atoms with Gasteiger partial charge >= 0.3 is 0 Å². The molecule has 9 atom stereocenters. The Kier molecular flexibility index (Phi) is 4.30. The van der Waals surface area contributed by atoms with Crippen LogP contribution in [0.25, 0.3) is 10.9 Å². The largest absolute Gasteiger partial charge is 0.391 e. The number of nitrogens with zero attached hydrogens (tertiary/aromatic N) is 2. The van der Waals surface area contributed by atoms with Crippen LogP contribution >= 0.6 is 0 Å². The van der Waals surface area contributed by atoms with Crippen molar-refractivity contribution in [1.82, 2.24) is 9.47 Å². The molecule has 9 unspecified atom stereocenters. The molecule has 0 amide bonds. The van der Waals surface area contributed by atoms with Crippen molar-refractivity contribution in [2.75, 3.05) is 20.3 Å². The van der Waals surface area contributed by atoms with Crippen LogP contribution in [0.3, 0.4) is 0 Å². The number of hydrogen-bond acceptors (Lipinski definition) is 6. The molecule has 1 spiro atoms.